The van der Waals surface area contributed by atoms with Crippen LogP contribution in [0.5, 0.6) is 0 Å². The van der Waals surface area contributed by atoms with Gasteiger partial charge in [-0.3, -0.25) is 15.2 Å². The van der Waals surface area contributed by atoms with E-state index in [4.69, 9.17) is 21.0 Å². The van der Waals surface area contributed by atoms with Crippen molar-refractivity contribution in [2.75, 3.05) is 44.3 Å². The number of aliphatic carboxylic acids is 1. The number of hydrogen-bond donors (Lipinski definition) is 5. The third-order valence-corrected chi connectivity index (χ3v) is 7.35. The molecule has 37 heavy (non-hydrogen) atoms. The van der Waals surface area contributed by atoms with E-state index in [2.05, 4.69) is 15.6 Å². The number of carboxylic acid groups (broad SMARTS) is 1. The number of benzene rings is 1. The molecule has 1 aromatic rings. The Hall–Kier alpha value is -2.89. The maximum Gasteiger partial charge on any atom is 0.325 e. The van der Waals surface area contributed by atoms with Crippen LogP contribution in [0.4, 0.5) is 14.5 Å². The van der Waals surface area contributed by atoms with Crippen LogP contribution in [0.15, 0.2) is 23.3 Å². The lowest BCUT2D eigenvalue weighted by Gasteiger charge is -2.41. The fourth-order valence-corrected chi connectivity index (χ4v) is 5.47. The van der Waals surface area contributed by atoms with Gasteiger partial charge in [-0.1, -0.05) is 0 Å². The van der Waals surface area contributed by atoms with Crippen molar-refractivity contribution in [2.24, 2.45) is 16.6 Å². The van der Waals surface area contributed by atoms with Crippen LogP contribution in [0.1, 0.15) is 48.8 Å². The summed E-state index contributed by atoms with van der Waals surface area (Å²) in [6.07, 6.45) is 3.88. The summed E-state index contributed by atoms with van der Waals surface area (Å²) < 4.78 is 34.0. The van der Waals surface area contributed by atoms with Gasteiger partial charge in [-0.15, -0.1) is 0 Å². The number of rotatable bonds is 8. The molecule has 2 unspecified atom stereocenters. The highest BCUT2D eigenvalue weighted by molar-refractivity contribution is 6.11. The van der Waals surface area contributed by atoms with E-state index in [0.717, 1.165) is 51.0 Å². The molecule has 202 valence electrons. The molecule has 0 aromatic heterocycles. The SMILES string of the molecule is N=C(C1CNCCC1NC1CCOCC1)N1CCCc2cc(C(C=NCC(=O)O)=CN)c(C(F)F)cc21. The second-order valence-electron chi connectivity index (χ2n) is 9.75. The summed E-state index contributed by atoms with van der Waals surface area (Å²) in [5.41, 5.74) is 7.47. The minimum atomic E-state index is -2.78. The van der Waals surface area contributed by atoms with Crippen LogP contribution >= 0.6 is 0 Å². The molecule has 2 saturated heterocycles. The second kappa shape index (κ2) is 12.6. The molecule has 6 N–H and O–H groups in total. The zero-order valence-corrected chi connectivity index (χ0v) is 20.9. The van der Waals surface area contributed by atoms with Crippen LogP contribution in [0.25, 0.3) is 5.57 Å². The van der Waals surface area contributed by atoms with Crippen LogP contribution in [-0.2, 0) is 16.0 Å². The largest absolute Gasteiger partial charge is 0.480 e. The van der Waals surface area contributed by atoms with E-state index >= 15 is 0 Å². The van der Waals surface area contributed by atoms with Crippen molar-refractivity contribution in [3.63, 3.8) is 0 Å². The first-order chi connectivity index (χ1) is 17.9. The summed E-state index contributed by atoms with van der Waals surface area (Å²) >= 11 is 0. The molecule has 11 heteroatoms. The van der Waals surface area contributed by atoms with Crippen molar-refractivity contribution in [2.45, 2.75) is 50.6 Å². The van der Waals surface area contributed by atoms with Crippen molar-refractivity contribution in [3.8, 4) is 0 Å². The lowest BCUT2D eigenvalue weighted by atomic mass is 9.87. The number of ether oxygens (including phenoxy) is 1. The van der Waals surface area contributed by atoms with E-state index in [1.165, 1.54) is 18.5 Å². The number of anilines is 1. The van der Waals surface area contributed by atoms with Gasteiger partial charge in [0.25, 0.3) is 6.43 Å². The minimum absolute atomic E-state index is 0.0835. The number of nitrogens with two attached hydrogens (primary N) is 1. The Morgan fingerprint density at radius 3 is 2.84 bits per heavy atom. The van der Waals surface area contributed by atoms with E-state index in [0.29, 0.717) is 37.1 Å². The van der Waals surface area contributed by atoms with E-state index in [9.17, 15) is 13.6 Å². The molecule has 3 aliphatic heterocycles. The van der Waals surface area contributed by atoms with Gasteiger partial charge in [0.1, 0.15) is 12.4 Å². The summed E-state index contributed by atoms with van der Waals surface area (Å²) in [5, 5.41) is 25.2. The van der Waals surface area contributed by atoms with Crippen LogP contribution in [0.2, 0.25) is 0 Å². The third kappa shape index (κ3) is 6.52. The Balaban J connectivity index is 1.61. The maximum atomic E-state index is 14.2. The van der Waals surface area contributed by atoms with E-state index in [-0.39, 0.29) is 28.7 Å². The Labute approximate surface area is 215 Å². The van der Waals surface area contributed by atoms with Crippen molar-refractivity contribution in [1.82, 2.24) is 10.6 Å². The van der Waals surface area contributed by atoms with Gasteiger partial charge in [0.15, 0.2) is 0 Å². The Kier molecular flexibility index (Phi) is 9.23. The highest BCUT2D eigenvalue weighted by atomic mass is 19.3. The molecule has 0 spiro atoms. The van der Waals surface area contributed by atoms with Gasteiger partial charge in [-0.25, -0.2) is 8.78 Å². The highest BCUT2D eigenvalue weighted by Crippen LogP contribution is 2.37. The van der Waals surface area contributed by atoms with Crippen LogP contribution in [-0.4, -0.2) is 74.6 Å². The van der Waals surface area contributed by atoms with Gasteiger partial charge in [0, 0.05) is 73.5 Å². The lowest BCUT2D eigenvalue weighted by Crippen LogP contribution is -2.57. The van der Waals surface area contributed by atoms with Crippen molar-refractivity contribution < 1.29 is 23.4 Å². The Bertz CT molecular complexity index is 1040. The topological polar surface area (TPSA) is 136 Å². The number of aliphatic imine (C=N–C) groups is 1. The van der Waals surface area contributed by atoms with E-state index < -0.39 is 18.9 Å². The molecule has 0 radical (unpaired) electrons. The normalized spacial score (nSPS) is 23.4. The van der Waals surface area contributed by atoms with Gasteiger partial charge >= 0.3 is 5.97 Å². The quantitative estimate of drug-likeness (QED) is 0.264. The number of fused-ring (bicyclic) bond motifs is 1. The van der Waals surface area contributed by atoms with E-state index in [1.807, 2.05) is 4.90 Å². The molecule has 0 bridgehead atoms. The summed E-state index contributed by atoms with van der Waals surface area (Å²) in [6.45, 7) is 3.12. The fraction of sp³-hybridized carbons (Fsp3) is 0.577. The standard InChI is InChI=1S/C26H36F2N6O3/c27-25(28)20-11-23-16(10-19(20)17(12-29)13-32-15-24(35)36)2-1-7-34(23)26(30)21-14-31-6-3-22(21)33-18-4-8-37-9-5-18/h10-13,18,21-22,25,30-31,33H,1-9,14-15,29H2,(H,35,36). The molecule has 3 aliphatic rings. The molecule has 0 saturated carbocycles. The number of piperidine rings is 1. The first-order valence-corrected chi connectivity index (χ1v) is 12.9. The Morgan fingerprint density at radius 1 is 1.35 bits per heavy atom. The average Bonchev–Trinajstić information content (AvgIpc) is 2.90. The van der Waals surface area contributed by atoms with Crippen LogP contribution in [0, 0.1) is 11.3 Å². The number of allylic oxidation sites excluding steroid dienone is 1. The zero-order valence-electron chi connectivity index (χ0n) is 20.9. The number of halogens is 2. The van der Waals surface area contributed by atoms with Crippen molar-refractivity contribution in [3.05, 3.63) is 35.0 Å². The second-order valence-corrected chi connectivity index (χ2v) is 9.75. The molecule has 0 amide bonds. The highest BCUT2D eigenvalue weighted by Gasteiger charge is 2.35. The molecule has 4 rings (SSSR count). The molecular formula is C26H36F2N6O3. The predicted molar refractivity (Wildman–Crippen MR) is 140 cm³/mol. The smallest absolute Gasteiger partial charge is 0.325 e. The Morgan fingerprint density at radius 2 is 2.14 bits per heavy atom. The maximum absolute atomic E-state index is 14.2. The number of carboxylic acids is 1. The molecule has 1 aromatic carbocycles. The first kappa shape index (κ1) is 27.2. The number of carbonyl (C=O) groups is 1. The molecule has 2 atom stereocenters. The van der Waals surface area contributed by atoms with Crippen molar-refractivity contribution in [1.29, 1.82) is 5.41 Å². The number of nitrogens with one attached hydrogen (secondary N) is 3. The first-order valence-electron chi connectivity index (χ1n) is 12.9. The fourth-order valence-electron chi connectivity index (χ4n) is 5.47. The number of nitrogens with zero attached hydrogens (tertiary/aromatic N) is 2. The van der Waals surface area contributed by atoms with Gasteiger partial charge in [0.2, 0.25) is 0 Å². The number of alkyl halides is 2. The molecule has 9 nitrogen and oxygen atoms in total. The molecule has 2 fully saturated rings. The average molecular weight is 519 g/mol. The molecule has 0 aliphatic carbocycles. The minimum Gasteiger partial charge on any atom is -0.480 e. The number of hydrogen-bond acceptors (Lipinski definition) is 7. The summed E-state index contributed by atoms with van der Waals surface area (Å²) in [7, 11) is 0. The van der Waals surface area contributed by atoms with Gasteiger partial charge in [0.05, 0.1) is 0 Å². The zero-order chi connectivity index (χ0) is 26.4. The van der Waals surface area contributed by atoms with E-state index in [1.54, 1.807) is 6.07 Å². The summed E-state index contributed by atoms with van der Waals surface area (Å²) in [5.74, 6) is -0.772. The lowest BCUT2D eigenvalue weighted by molar-refractivity contribution is -0.135. The number of amidine groups is 1. The third-order valence-electron chi connectivity index (χ3n) is 7.35. The summed E-state index contributed by atoms with van der Waals surface area (Å²) in [6, 6.07) is 3.65. The molecular weight excluding hydrogens is 482 g/mol. The summed E-state index contributed by atoms with van der Waals surface area (Å²) in [4.78, 5) is 16.5. The molecule has 3 heterocycles. The monoisotopic (exact) mass is 518 g/mol. The van der Waals surface area contributed by atoms with Gasteiger partial charge < -0.3 is 31.1 Å². The number of aryl methyl sites for hydroxylation is 1. The predicted octanol–water partition coefficient (Wildman–Crippen LogP) is 2.56. The van der Waals surface area contributed by atoms with Gasteiger partial charge in [-0.05, 0) is 61.9 Å². The van der Waals surface area contributed by atoms with Gasteiger partial charge in [-0.2, -0.15) is 0 Å². The van der Waals surface area contributed by atoms with Crippen molar-refractivity contribution >= 4 is 29.3 Å². The van der Waals surface area contributed by atoms with Crippen LogP contribution < -0.4 is 21.3 Å². The van der Waals surface area contributed by atoms with Crippen LogP contribution in [0.3, 0.4) is 0 Å².